The third-order valence-electron chi connectivity index (χ3n) is 6.26. The van der Waals surface area contributed by atoms with Crippen LogP contribution in [-0.2, 0) is 20.0 Å². The van der Waals surface area contributed by atoms with Crippen LogP contribution < -0.4 is 21.5 Å². The molecule has 0 spiro atoms. The molecule has 1 aliphatic heterocycles. The van der Waals surface area contributed by atoms with Gasteiger partial charge in [-0.15, -0.1) is 0 Å². The standard InChI is InChI=1S/C27H25ClN6O2/c1-33-26(36)24(34-16-21-20(25(34)35)8-5-9-22(21)28)23(18-10-12-30-13-11-18)32-27(33)31-15-19(29)14-17-6-3-2-4-7-17/h2-13,19H,14-16,29H2,1H3,(H,31,32). The van der Waals surface area contributed by atoms with E-state index in [0.717, 1.165) is 5.56 Å². The average molecular weight is 501 g/mol. The number of pyridine rings is 1. The second kappa shape index (κ2) is 9.93. The summed E-state index contributed by atoms with van der Waals surface area (Å²) in [7, 11) is 1.63. The van der Waals surface area contributed by atoms with Crippen LogP contribution in [0.15, 0.2) is 77.9 Å². The molecule has 0 saturated heterocycles. The highest BCUT2D eigenvalue weighted by molar-refractivity contribution is 6.32. The molecule has 1 atom stereocenters. The number of aromatic nitrogens is 3. The minimum absolute atomic E-state index is 0.190. The summed E-state index contributed by atoms with van der Waals surface area (Å²) in [6.45, 7) is 0.603. The summed E-state index contributed by atoms with van der Waals surface area (Å²) >= 11 is 6.36. The Morgan fingerprint density at radius 2 is 1.81 bits per heavy atom. The van der Waals surface area contributed by atoms with Crippen molar-refractivity contribution in [2.45, 2.75) is 19.0 Å². The molecule has 2 aromatic heterocycles. The molecule has 182 valence electrons. The Hall–Kier alpha value is -4.01. The number of carbonyl (C=O) groups excluding carboxylic acids is 1. The summed E-state index contributed by atoms with van der Waals surface area (Å²) in [5.74, 6) is 0.0774. The van der Waals surface area contributed by atoms with Gasteiger partial charge >= 0.3 is 0 Å². The molecule has 1 unspecified atom stereocenters. The van der Waals surface area contributed by atoms with Crippen LogP contribution in [0.4, 0.5) is 11.6 Å². The van der Waals surface area contributed by atoms with Gasteiger partial charge in [0.2, 0.25) is 5.95 Å². The fraction of sp³-hybridized carbons (Fsp3) is 0.185. The molecular weight excluding hydrogens is 476 g/mol. The zero-order valence-electron chi connectivity index (χ0n) is 19.7. The number of benzene rings is 2. The minimum atomic E-state index is -0.353. The lowest BCUT2D eigenvalue weighted by atomic mass is 10.1. The van der Waals surface area contributed by atoms with E-state index < -0.39 is 0 Å². The summed E-state index contributed by atoms with van der Waals surface area (Å²) in [5, 5.41) is 3.72. The number of anilines is 2. The van der Waals surface area contributed by atoms with E-state index in [2.05, 4.69) is 10.3 Å². The maximum atomic E-state index is 13.7. The maximum absolute atomic E-state index is 13.7. The van der Waals surface area contributed by atoms with Gasteiger partial charge in [-0.1, -0.05) is 48.0 Å². The van der Waals surface area contributed by atoms with Crippen molar-refractivity contribution < 1.29 is 4.79 Å². The van der Waals surface area contributed by atoms with Gasteiger partial charge in [0.05, 0.1) is 6.54 Å². The Kier molecular flexibility index (Phi) is 6.54. The van der Waals surface area contributed by atoms with Gasteiger partial charge in [-0.25, -0.2) is 4.98 Å². The summed E-state index contributed by atoms with van der Waals surface area (Å²) in [6.07, 6.45) is 3.93. The molecular formula is C27H25ClN6O2. The number of nitrogens with one attached hydrogen (secondary N) is 1. The predicted molar refractivity (Wildman–Crippen MR) is 141 cm³/mol. The molecule has 4 aromatic rings. The Balaban J connectivity index is 1.51. The number of carbonyl (C=O) groups is 1. The van der Waals surface area contributed by atoms with Crippen molar-refractivity contribution >= 4 is 29.1 Å². The van der Waals surface area contributed by atoms with Crippen molar-refractivity contribution in [1.82, 2.24) is 14.5 Å². The zero-order valence-corrected chi connectivity index (χ0v) is 20.4. The molecule has 2 aromatic carbocycles. The molecule has 36 heavy (non-hydrogen) atoms. The van der Waals surface area contributed by atoms with Gasteiger partial charge < -0.3 is 11.1 Å². The molecule has 3 N–H and O–H groups in total. The van der Waals surface area contributed by atoms with Crippen molar-refractivity contribution in [2.75, 3.05) is 16.8 Å². The number of nitrogens with two attached hydrogens (primary N) is 1. The van der Waals surface area contributed by atoms with Crippen LogP contribution in [-0.4, -0.2) is 33.0 Å². The van der Waals surface area contributed by atoms with Crippen molar-refractivity contribution in [3.8, 4) is 11.3 Å². The first-order valence-corrected chi connectivity index (χ1v) is 12.0. The topological polar surface area (TPSA) is 106 Å². The smallest absolute Gasteiger partial charge is 0.279 e. The van der Waals surface area contributed by atoms with E-state index in [1.807, 2.05) is 30.3 Å². The lowest BCUT2D eigenvalue weighted by Gasteiger charge is -2.22. The van der Waals surface area contributed by atoms with Gasteiger partial charge in [0.15, 0.2) is 0 Å². The number of rotatable bonds is 7. The van der Waals surface area contributed by atoms with Crippen molar-refractivity contribution in [3.05, 3.63) is 105 Å². The quantitative estimate of drug-likeness (QED) is 0.401. The number of halogens is 1. The zero-order chi connectivity index (χ0) is 25.2. The van der Waals surface area contributed by atoms with E-state index in [1.54, 1.807) is 49.8 Å². The van der Waals surface area contributed by atoms with E-state index >= 15 is 0 Å². The first kappa shape index (κ1) is 23.7. The number of nitrogens with zero attached hydrogens (tertiary/aromatic N) is 4. The Labute approximate surface area is 213 Å². The fourth-order valence-corrected chi connectivity index (χ4v) is 4.62. The van der Waals surface area contributed by atoms with E-state index in [4.69, 9.17) is 22.3 Å². The molecule has 0 saturated carbocycles. The molecule has 0 radical (unpaired) electrons. The van der Waals surface area contributed by atoms with Crippen molar-refractivity contribution in [1.29, 1.82) is 0 Å². The van der Waals surface area contributed by atoms with Crippen molar-refractivity contribution in [2.24, 2.45) is 12.8 Å². The number of fused-ring (bicyclic) bond motifs is 1. The second-order valence-electron chi connectivity index (χ2n) is 8.72. The Bertz CT molecular complexity index is 1470. The van der Waals surface area contributed by atoms with Crippen LogP contribution in [0.2, 0.25) is 5.02 Å². The lowest BCUT2D eigenvalue weighted by molar-refractivity contribution is 0.0996. The monoisotopic (exact) mass is 500 g/mol. The third kappa shape index (κ3) is 4.48. The lowest BCUT2D eigenvalue weighted by Crippen LogP contribution is -2.36. The minimum Gasteiger partial charge on any atom is -0.354 e. The molecule has 5 rings (SSSR count). The fourth-order valence-electron chi connectivity index (χ4n) is 4.39. The Morgan fingerprint density at radius 3 is 2.53 bits per heavy atom. The largest absolute Gasteiger partial charge is 0.354 e. The van der Waals surface area contributed by atoms with Gasteiger partial charge in [0.25, 0.3) is 11.5 Å². The van der Waals surface area contributed by atoms with E-state index in [0.29, 0.717) is 46.3 Å². The summed E-state index contributed by atoms with van der Waals surface area (Å²) in [4.78, 5) is 37.3. The molecule has 0 bridgehead atoms. The van der Waals surface area contributed by atoms with Gasteiger partial charge in [-0.3, -0.25) is 24.0 Å². The van der Waals surface area contributed by atoms with E-state index in [9.17, 15) is 9.59 Å². The predicted octanol–water partition coefficient (Wildman–Crippen LogP) is 3.64. The highest BCUT2D eigenvalue weighted by atomic mass is 35.5. The molecule has 9 heteroatoms. The van der Waals surface area contributed by atoms with Crippen LogP contribution in [0.3, 0.4) is 0 Å². The van der Waals surface area contributed by atoms with Crippen LogP contribution in [0, 0.1) is 0 Å². The first-order valence-electron chi connectivity index (χ1n) is 11.6. The maximum Gasteiger partial charge on any atom is 0.279 e. The number of amides is 1. The highest BCUT2D eigenvalue weighted by Crippen LogP contribution is 2.35. The van der Waals surface area contributed by atoms with Gasteiger partial charge in [-0.05, 0) is 36.2 Å². The average Bonchev–Trinajstić information content (AvgIpc) is 3.23. The summed E-state index contributed by atoms with van der Waals surface area (Å²) in [5.41, 5.74) is 9.56. The van der Waals surface area contributed by atoms with Gasteiger partial charge in [0, 0.05) is 53.7 Å². The third-order valence-corrected chi connectivity index (χ3v) is 6.62. The number of hydrogen-bond acceptors (Lipinski definition) is 6. The van der Waals surface area contributed by atoms with Crippen LogP contribution in [0.25, 0.3) is 11.3 Å². The van der Waals surface area contributed by atoms with Crippen LogP contribution >= 0.6 is 11.6 Å². The van der Waals surface area contributed by atoms with Crippen LogP contribution in [0.1, 0.15) is 21.5 Å². The summed E-state index contributed by atoms with van der Waals surface area (Å²) in [6, 6.07) is 18.5. The normalized spacial score (nSPS) is 13.5. The molecule has 1 amide bonds. The number of hydrogen-bond donors (Lipinski definition) is 2. The molecule has 1 aliphatic rings. The second-order valence-corrected chi connectivity index (χ2v) is 9.13. The molecule has 3 heterocycles. The SMILES string of the molecule is Cn1c(NCC(N)Cc2ccccc2)nc(-c2ccncc2)c(N2Cc3c(Cl)cccc3C2=O)c1=O. The molecule has 8 nitrogen and oxygen atoms in total. The van der Waals surface area contributed by atoms with E-state index in [-0.39, 0.29) is 29.7 Å². The van der Waals surface area contributed by atoms with Crippen molar-refractivity contribution in [3.63, 3.8) is 0 Å². The first-order chi connectivity index (χ1) is 17.4. The molecule has 0 fully saturated rings. The molecule has 0 aliphatic carbocycles. The van der Waals surface area contributed by atoms with Crippen LogP contribution in [0.5, 0.6) is 0 Å². The van der Waals surface area contributed by atoms with Gasteiger partial charge in [-0.2, -0.15) is 0 Å². The Morgan fingerprint density at radius 1 is 1.06 bits per heavy atom. The van der Waals surface area contributed by atoms with E-state index in [1.165, 1.54) is 9.47 Å². The van der Waals surface area contributed by atoms with Gasteiger partial charge in [0.1, 0.15) is 11.4 Å². The highest BCUT2D eigenvalue weighted by Gasteiger charge is 2.34. The summed E-state index contributed by atoms with van der Waals surface area (Å²) < 4.78 is 1.41.